The summed E-state index contributed by atoms with van der Waals surface area (Å²) in [5.41, 5.74) is 4.03. The molecule has 0 unspecified atom stereocenters. The lowest BCUT2D eigenvalue weighted by Gasteiger charge is -2.07. The Morgan fingerprint density at radius 2 is 1.74 bits per heavy atom. The van der Waals surface area contributed by atoms with Crippen molar-refractivity contribution in [2.75, 3.05) is 0 Å². The van der Waals surface area contributed by atoms with Gasteiger partial charge in [-0.1, -0.05) is 27.7 Å². The summed E-state index contributed by atoms with van der Waals surface area (Å²) in [5.74, 6) is 0.417. The summed E-state index contributed by atoms with van der Waals surface area (Å²) in [6.07, 6.45) is 0. The maximum atomic E-state index is 13.3. The molecular weight excluding hydrogens is 327 g/mol. The van der Waals surface area contributed by atoms with Gasteiger partial charge in [0.05, 0.1) is 0 Å². The molecule has 100 valence electrons. The summed E-state index contributed by atoms with van der Waals surface area (Å²) in [4.78, 5) is 8.88. The first-order chi connectivity index (χ1) is 8.95. The highest BCUT2D eigenvalue weighted by molar-refractivity contribution is 9.10. The van der Waals surface area contributed by atoms with Crippen molar-refractivity contribution in [3.05, 3.63) is 51.0 Å². The van der Waals surface area contributed by atoms with Crippen molar-refractivity contribution in [2.24, 2.45) is 0 Å². The van der Waals surface area contributed by atoms with Crippen LogP contribution in [0.15, 0.2) is 27.8 Å². The summed E-state index contributed by atoms with van der Waals surface area (Å²) in [5, 5.41) is 0.737. The second-order valence-corrected chi connectivity index (χ2v) is 6.23. The third-order valence-electron chi connectivity index (χ3n) is 2.90. The third-order valence-corrected chi connectivity index (χ3v) is 4.28. The molecule has 0 bridgehead atoms. The van der Waals surface area contributed by atoms with E-state index < -0.39 is 0 Å². The minimum atomic E-state index is -0.234. The number of aryl methyl sites for hydroxylation is 2. The highest BCUT2D eigenvalue weighted by Gasteiger charge is 2.06. The Kier molecular flexibility index (Phi) is 4.58. The molecule has 19 heavy (non-hydrogen) atoms. The van der Waals surface area contributed by atoms with Crippen molar-refractivity contribution in [1.29, 1.82) is 0 Å². The first kappa shape index (κ1) is 14.5. The molecule has 1 aromatic carbocycles. The van der Waals surface area contributed by atoms with Gasteiger partial charge in [-0.3, -0.25) is 0 Å². The van der Waals surface area contributed by atoms with Gasteiger partial charge in [-0.05, 0) is 50.1 Å². The van der Waals surface area contributed by atoms with E-state index in [2.05, 4.69) is 25.9 Å². The van der Waals surface area contributed by atoms with Crippen molar-refractivity contribution in [3.63, 3.8) is 0 Å². The Morgan fingerprint density at radius 3 is 2.32 bits per heavy atom. The van der Waals surface area contributed by atoms with Crippen LogP contribution in [0.4, 0.5) is 4.39 Å². The van der Waals surface area contributed by atoms with E-state index in [-0.39, 0.29) is 5.82 Å². The molecule has 1 aromatic heterocycles. The van der Waals surface area contributed by atoms with E-state index in [0.717, 1.165) is 32.1 Å². The monoisotopic (exact) mass is 340 g/mol. The molecule has 2 rings (SSSR count). The van der Waals surface area contributed by atoms with Gasteiger partial charge < -0.3 is 0 Å². The van der Waals surface area contributed by atoms with Crippen LogP contribution >= 0.6 is 27.7 Å². The number of benzene rings is 1. The Balaban J connectivity index is 2.14. The number of aromatic nitrogens is 2. The van der Waals surface area contributed by atoms with E-state index >= 15 is 0 Å². The smallest absolute Gasteiger partial charge is 0.188 e. The maximum Gasteiger partial charge on any atom is 0.188 e. The van der Waals surface area contributed by atoms with E-state index in [1.807, 2.05) is 26.8 Å². The van der Waals surface area contributed by atoms with Gasteiger partial charge in [-0.15, -0.1) is 0 Å². The fraction of sp³-hybridized carbons (Fsp3) is 0.286. The van der Waals surface area contributed by atoms with Gasteiger partial charge in [0.15, 0.2) is 5.16 Å². The molecule has 1 heterocycles. The van der Waals surface area contributed by atoms with Crippen molar-refractivity contribution in [3.8, 4) is 0 Å². The SMILES string of the molecule is Cc1nc(SCc2cc(F)cc(Br)c2)nc(C)c1C. The Hall–Kier alpha value is -0.940. The molecule has 0 aliphatic rings. The zero-order valence-electron chi connectivity index (χ0n) is 11.0. The van der Waals surface area contributed by atoms with Gasteiger partial charge >= 0.3 is 0 Å². The molecule has 0 fully saturated rings. The van der Waals surface area contributed by atoms with Crippen LogP contribution in [-0.2, 0) is 5.75 Å². The average Bonchev–Trinajstić information content (AvgIpc) is 2.32. The number of halogens is 2. The summed E-state index contributed by atoms with van der Waals surface area (Å²) in [6.45, 7) is 5.97. The number of hydrogen-bond donors (Lipinski definition) is 0. The van der Waals surface area contributed by atoms with Crippen LogP contribution in [0, 0.1) is 26.6 Å². The first-order valence-corrected chi connectivity index (χ1v) is 7.63. The van der Waals surface area contributed by atoms with Crippen LogP contribution in [0.25, 0.3) is 0 Å². The molecule has 0 spiro atoms. The van der Waals surface area contributed by atoms with E-state index in [1.54, 1.807) is 0 Å². The van der Waals surface area contributed by atoms with Crippen molar-refractivity contribution < 1.29 is 4.39 Å². The number of hydrogen-bond acceptors (Lipinski definition) is 3. The second-order valence-electron chi connectivity index (χ2n) is 4.37. The molecule has 2 nitrogen and oxygen atoms in total. The minimum absolute atomic E-state index is 0.234. The number of rotatable bonds is 3. The van der Waals surface area contributed by atoms with Crippen molar-refractivity contribution in [2.45, 2.75) is 31.7 Å². The van der Waals surface area contributed by atoms with Gasteiger partial charge in [0, 0.05) is 21.6 Å². The normalized spacial score (nSPS) is 10.8. The Bertz CT molecular complexity index is 573. The standard InChI is InChI=1S/C14H14BrFN2S/c1-8-9(2)17-14(18-10(8)3)19-7-11-4-12(15)6-13(16)5-11/h4-6H,7H2,1-3H3. The molecule has 0 amide bonds. The zero-order chi connectivity index (χ0) is 14.0. The van der Waals surface area contributed by atoms with Crippen LogP contribution in [0.3, 0.4) is 0 Å². The summed E-state index contributed by atoms with van der Waals surface area (Å²) in [6, 6.07) is 4.89. The molecule has 0 aliphatic carbocycles. The summed E-state index contributed by atoms with van der Waals surface area (Å²) in [7, 11) is 0. The van der Waals surface area contributed by atoms with Crippen LogP contribution in [0.1, 0.15) is 22.5 Å². The molecule has 0 aliphatic heterocycles. The molecule has 5 heteroatoms. The highest BCUT2D eigenvalue weighted by Crippen LogP contribution is 2.24. The molecule has 2 aromatic rings. The quantitative estimate of drug-likeness (QED) is 0.603. The molecule has 0 saturated carbocycles. The zero-order valence-corrected chi connectivity index (χ0v) is 13.4. The fourth-order valence-corrected chi connectivity index (χ4v) is 3.03. The Labute approximate surface area is 125 Å². The lowest BCUT2D eigenvalue weighted by molar-refractivity contribution is 0.625. The molecule has 0 N–H and O–H groups in total. The number of nitrogens with zero attached hydrogens (tertiary/aromatic N) is 2. The largest absolute Gasteiger partial charge is 0.228 e. The summed E-state index contributed by atoms with van der Waals surface area (Å²) >= 11 is 4.81. The average molecular weight is 341 g/mol. The van der Waals surface area contributed by atoms with Gasteiger partial charge in [0.1, 0.15) is 5.82 Å². The van der Waals surface area contributed by atoms with E-state index in [9.17, 15) is 4.39 Å². The topological polar surface area (TPSA) is 25.8 Å². The van der Waals surface area contributed by atoms with Gasteiger partial charge in [0.2, 0.25) is 0 Å². The van der Waals surface area contributed by atoms with Gasteiger partial charge in [-0.25, -0.2) is 14.4 Å². The predicted octanol–water partition coefficient (Wildman–Crippen LogP) is 4.60. The molecular formula is C14H14BrFN2S. The first-order valence-electron chi connectivity index (χ1n) is 5.85. The van der Waals surface area contributed by atoms with E-state index in [1.165, 1.54) is 23.9 Å². The second kappa shape index (κ2) is 6.01. The van der Waals surface area contributed by atoms with Crippen molar-refractivity contribution >= 4 is 27.7 Å². The lowest BCUT2D eigenvalue weighted by atomic mass is 10.2. The lowest BCUT2D eigenvalue weighted by Crippen LogP contribution is -1.98. The van der Waals surface area contributed by atoms with E-state index in [0.29, 0.717) is 5.75 Å². The minimum Gasteiger partial charge on any atom is -0.228 e. The highest BCUT2D eigenvalue weighted by atomic mass is 79.9. The number of thioether (sulfide) groups is 1. The third kappa shape index (κ3) is 3.76. The molecule has 0 atom stereocenters. The van der Waals surface area contributed by atoms with Gasteiger partial charge in [-0.2, -0.15) is 0 Å². The van der Waals surface area contributed by atoms with Crippen LogP contribution < -0.4 is 0 Å². The van der Waals surface area contributed by atoms with Gasteiger partial charge in [0.25, 0.3) is 0 Å². The van der Waals surface area contributed by atoms with Crippen LogP contribution in [0.2, 0.25) is 0 Å². The predicted molar refractivity (Wildman–Crippen MR) is 79.9 cm³/mol. The summed E-state index contributed by atoms with van der Waals surface area (Å²) < 4.78 is 14.0. The molecule has 0 saturated heterocycles. The molecule has 0 radical (unpaired) electrons. The van der Waals surface area contributed by atoms with Crippen molar-refractivity contribution in [1.82, 2.24) is 9.97 Å². The maximum absolute atomic E-state index is 13.3. The fourth-order valence-electron chi connectivity index (χ4n) is 1.65. The van der Waals surface area contributed by atoms with Crippen LogP contribution in [0.5, 0.6) is 0 Å². The van der Waals surface area contributed by atoms with E-state index in [4.69, 9.17) is 0 Å². The van der Waals surface area contributed by atoms with Crippen LogP contribution in [-0.4, -0.2) is 9.97 Å². The Morgan fingerprint density at radius 1 is 1.11 bits per heavy atom.